The highest BCUT2D eigenvalue weighted by molar-refractivity contribution is 6.28. The van der Waals surface area contributed by atoms with Gasteiger partial charge in [0.1, 0.15) is 5.76 Å². The number of ether oxygens (including phenoxy) is 1. The molecule has 1 aliphatic rings. The number of hydrogen-bond acceptors (Lipinski definition) is 4. The molecule has 4 heteroatoms. The van der Waals surface area contributed by atoms with Gasteiger partial charge in [-0.3, -0.25) is 0 Å². The van der Waals surface area contributed by atoms with Gasteiger partial charge in [-0.25, -0.2) is 9.59 Å². The molecule has 0 spiro atoms. The second kappa shape index (κ2) is 2.83. The van der Waals surface area contributed by atoms with Crippen molar-refractivity contribution in [3.8, 4) is 0 Å². The monoisotopic (exact) mass is 192 g/mol. The van der Waals surface area contributed by atoms with Gasteiger partial charge in [0.05, 0.1) is 11.8 Å². The van der Waals surface area contributed by atoms with Crippen molar-refractivity contribution in [2.75, 3.05) is 0 Å². The Hall–Kier alpha value is -1.84. The molecule has 0 amide bonds. The van der Waals surface area contributed by atoms with Gasteiger partial charge in [0.25, 0.3) is 0 Å². The number of rotatable bonds is 1. The zero-order valence-corrected chi connectivity index (χ0v) is 7.79. The summed E-state index contributed by atoms with van der Waals surface area (Å²) in [6.07, 6.45) is 2.63. The van der Waals surface area contributed by atoms with Crippen LogP contribution in [0.1, 0.15) is 16.9 Å². The van der Waals surface area contributed by atoms with Gasteiger partial charge in [0, 0.05) is 11.6 Å². The number of carbonyl (C=O) groups is 2. The summed E-state index contributed by atoms with van der Waals surface area (Å²) < 4.78 is 9.51. The van der Waals surface area contributed by atoms with E-state index >= 15 is 0 Å². The maximum Gasteiger partial charge on any atom is 0.347 e. The van der Waals surface area contributed by atoms with Gasteiger partial charge >= 0.3 is 11.9 Å². The lowest BCUT2D eigenvalue weighted by atomic mass is 10.1. The highest BCUT2D eigenvalue weighted by atomic mass is 16.6. The predicted octanol–water partition coefficient (Wildman–Crippen LogP) is 1.36. The maximum absolute atomic E-state index is 11.2. The SMILES string of the molecule is Cc1occ(C2=CC(=O)OC2=O)c1C. The summed E-state index contributed by atoms with van der Waals surface area (Å²) in [4.78, 5) is 22.0. The quantitative estimate of drug-likeness (QED) is 0.498. The molecule has 0 aromatic carbocycles. The van der Waals surface area contributed by atoms with Gasteiger partial charge in [0.15, 0.2) is 0 Å². The summed E-state index contributed by atoms with van der Waals surface area (Å²) in [5, 5.41) is 0. The third-order valence-electron chi connectivity index (χ3n) is 2.25. The van der Waals surface area contributed by atoms with Gasteiger partial charge in [-0.2, -0.15) is 0 Å². The fourth-order valence-electron chi connectivity index (χ4n) is 1.32. The molecule has 1 aromatic rings. The molecule has 2 heterocycles. The van der Waals surface area contributed by atoms with E-state index in [1.54, 1.807) is 6.92 Å². The molecule has 0 unspecified atom stereocenters. The minimum absolute atomic E-state index is 0.268. The van der Waals surface area contributed by atoms with Crippen molar-refractivity contribution in [2.24, 2.45) is 0 Å². The van der Waals surface area contributed by atoms with Crippen LogP contribution < -0.4 is 0 Å². The van der Waals surface area contributed by atoms with Crippen LogP contribution in [0.25, 0.3) is 5.57 Å². The fraction of sp³-hybridized carbons (Fsp3) is 0.200. The van der Waals surface area contributed by atoms with Crippen molar-refractivity contribution in [3.05, 3.63) is 29.2 Å². The molecule has 0 radical (unpaired) electrons. The second-order valence-corrected chi connectivity index (χ2v) is 3.10. The van der Waals surface area contributed by atoms with Gasteiger partial charge in [0.2, 0.25) is 0 Å². The lowest BCUT2D eigenvalue weighted by Crippen LogP contribution is -2.01. The van der Waals surface area contributed by atoms with Crippen LogP contribution in [0.3, 0.4) is 0 Å². The Bertz CT molecular complexity index is 451. The molecule has 4 nitrogen and oxygen atoms in total. The maximum atomic E-state index is 11.2. The van der Waals surface area contributed by atoms with Crippen LogP contribution in [-0.2, 0) is 14.3 Å². The molecule has 1 aromatic heterocycles. The Morgan fingerprint density at radius 3 is 2.36 bits per heavy atom. The molecule has 0 fully saturated rings. The molecule has 2 rings (SSSR count). The number of furan rings is 1. The fourth-order valence-corrected chi connectivity index (χ4v) is 1.32. The summed E-state index contributed by atoms with van der Waals surface area (Å²) in [6, 6.07) is 0. The Morgan fingerprint density at radius 2 is 1.93 bits per heavy atom. The van der Waals surface area contributed by atoms with Gasteiger partial charge < -0.3 is 9.15 Å². The van der Waals surface area contributed by atoms with E-state index in [9.17, 15) is 9.59 Å². The molecule has 1 aliphatic heterocycles. The Morgan fingerprint density at radius 1 is 1.21 bits per heavy atom. The highest BCUT2D eigenvalue weighted by Gasteiger charge is 2.27. The first kappa shape index (κ1) is 8.74. The molecule has 0 saturated heterocycles. The van der Waals surface area contributed by atoms with Crippen molar-refractivity contribution < 1.29 is 18.7 Å². The van der Waals surface area contributed by atoms with Gasteiger partial charge in [-0.05, 0) is 19.4 Å². The van der Waals surface area contributed by atoms with E-state index in [1.165, 1.54) is 12.3 Å². The minimum atomic E-state index is -0.622. The van der Waals surface area contributed by atoms with Gasteiger partial charge in [-0.15, -0.1) is 0 Å². The van der Waals surface area contributed by atoms with Crippen LogP contribution in [0.2, 0.25) is 0 Å². The largest absolute Gasteiger partial charge is 0.469 e. The van der Waals surface area contributed by atoms with Crippen molar-refractivity contribution in [1.29, 1.82) is 0 Å². The van der Waals surface area contributed by atoms with Crippen molar-refractivity contribution >= 4 is 17.5 Å². The predicted molar refractivity (Wildman–Crippen MR) is 47.3 cm³/mol. The molecule has 0 saturated carbocycles. The smallest absolute Gasteiger partial charge is 0.347 e. The van der Waals surface area contributed by atoms with E-state index in [0.717, 1.165) is 11.3 Å². The summed E-state index contributed by atoms with van der Waals surface area (Å²) in [5.74, 6) is -0.504. The van der Waals surface area contributed by atoms with E-state index < -0.39 is 11.9 Å². The third kappa shape index (κ3) is 1.16. The molecular weight excluding hydrogens is 184 g/mol. The normalized spacial score (nSPS) is 15.7. The number of aryl methyl sites for hydroxylation is 1. The van der Waals surface area contributed by atoms with E-state index in [4.69, 9.17) is 4.42 Å². The third-order valence-corrected chi connectivity index (χ3v) is 2.25. The zero-order chi connectivity index (χ0) is 10.3. The molecule has 0 atom stereocenters. The van der Waals surface area contributed by atoms with Crippen LogP contribution in [0.5, 0.6) is 0 Å². The number of carbonyl (C=O) groups excluding carboxylic acids is 2. The van der Waals surface area contributed by atoms with Crippen LogP contribution in [0, 0.1) is 13.8 Å². The van der Waals surface area contributed by atoms with E-state index in [0.29, 0.717) is 5.56 Å². The summed E-state index contributed by atoms with van der Waals surface area (Å²) in [6.45, 7) is 3.62. The van der Waals surface area contributed by atoms with E-state index in [2.05, 4.69) is 4.74 Å². The van der Waals surface area contributed by atoms with Gasteiger partial charge in [-0.1, -0.05) is 0 Å². The highest BCUT2D eigenvalue weighted by Crippen LogP contribution is 2.27. The molecule has 72 valence electrons. The van der Waals surface area contributed by atoms with Crippen LogP contribution in [-0.4, -0.2) is 11.9 Å². The van der Waals surface area contributed by atoms with Crippen LogP contribution >= 0.6 is 0 Å². The summed E-state index contributed by atoms with van der Waals surface area (Å²) in [5.41, 5.74) is 1.74. The average molecular weight is 192 g/mol. The lowest BCUT2D eigenvalue weighted by molar-refractivity contribution is -0.149. The summed E-state index contributed by atoms with van der Waals surface area (Å²) in [7, 11) is 0. The van der Waals surface area contributed by atoms with E-state index in [-0.39, 0.29) is 5.57 Å². The first-order chi connectivity index (χ1) is 6.59. The zero-order valence-electron chi connectivity index (χ0n) is 7.79. The minimum Gasteiger partial charge on any atom is -0.469 e. The summed E-state index contributed by atoms with van der Waals surface area (Å²) >= 11 is 0. The van der Waals surface area contributed by atoms with E-state index in [1.807, 2.05) is 6.92 Å². The van der Waals surface area contributed by atoms with Crippen LogP contribution in [0.4, 0.5) is 0 Å². The van der Waals surface area contributed by atoms with Crippen molar-refractivity contribution in [3.63, 3.8) is 0 Å². The topological polar surface area (TPSA) is 56.5 Å². The second-order valence-electron chi connectivity index (χ2n) is 3.10. The van der Waals surface area contributed by atoms with Crippen molar-refractivity contribution in [2.45, 2.75) is 13.8 Å². The Labute approximate surface area is 80.2 Å². The lowest BCUT2D eigenvalue weighted by Gasteiger charge is -1.95. The van der Waals surface area contributed by atoms with Crippen molar-refractivity contribution in [1.82, 2.24) is 0 Å². The Kier molecular flexibility index (Phi) is 1.77. The first-order valence-electron chi connectivity index (χ1n) is 4.12. The Balaban J connectivity index is 2.51. The number of cyclic esters (lactones) is 2. The number of hydrogen-bond donors (Lipinski definition) is 0. The molecule has 0 aliphatic carbocycles. The first-order valence-corrected chi connectivity index (χ1v) is 4.12. The standard InChI is InChI=1S/C10H8O4/c1-5-6(2)13-4-8(5)7-3-9(11)14-10(7)12/h3-4H,1-2H3. The molecular formula is C10H8O4. The van der Waals surface area contributed by atoms with Crippen LogP contribution in [0.15, 0.2) is 16.8 Å². The molecule has 0 bridgehead atoms. The number of esters is 2. The molecule has 0 N–H and O–H groups in total. The molecule has 14 heavy (non-hydrogen) atoms. The average Bonchev–Trinajstić information content (AvgIpc) is 2.59.